The average Bonchev–Trinajstić information content (AvgIpc) is 2.82. The first-order chi connectivity index (χ1) is 8.04. The summed E-state index contributed by atoms with van der Waals surface area (Å²) in [6.07, 6.45) is 0.721. The minimum atomic E-state index is -0.271. The summed E-state index contributed by atoms with van der Waals surface area (Å²) >= 11 is 0. The van der Waals surface area contributed by atoms with Crippen molar-refractivity contribution in [2.75, 3.05) is 18.0 Å². The van der Waals surface area contributed by atoms with Gasteiger partial charge in [-0.15, -0.1) is 0 Å². The Bertz CT molecular complexity index is 401. The molecule has 0 aromatic carbocycles. The second-order valence-electron chi connectivity index (χ2n) is 4.90. The van der Waals surface area contributed by atoms with E-state index < -0.39 is 0 Å². The molecule has 0 bridgehead atoms. The molecule has 2 heterocycles. The monoisotopic (exact) mass is 239 g/mol. The molecule has 2 rings (SSSR count). The van der Waals surface area contributed by atoms with Crippen molar-refractivity contribution >= 4 is 5.82 Å². The number of hydrogen-bond donors (Lipinski definition) is 2. The van der Waals surface area contributed by atoms with E-state index in [-0.39, 0.29) is 12.7 Å². The second-order valence-corrected chi connectivity index (χ2v) is 4.90. The first-order valence-corrected chi connectivity index (χ1v) is 6.11. The van der Waals surface area contributed by atoms with Crippen LogP contribution in [0.2, 0.25) is 0 Å². The summed E-state index contributed by atoms with van der Waals surface area (Å²) in [5, 5.41) is 23.4. The molecule has 0 spiro atoms. The number of aliphatic hydroxyl groups is 2. The number of nitrogens with zero attached hydrogens (tertiary/aromatic N) is 3. The van der Waals surface area contributed by atoms with Crippen molar-refractivity contribution in [2.24, 2.45) is 13.0 Å². The molecular formula is C12H21N3O2. The highest BCUT2D eigenvalue weighted by Crippen LogP contribution is 2.29. The molecule has 5 nitrogen and oxygen atoms in total. The van der Waals surface area contributed by atoms with Crippen LogP contribution in [0.25, 0.3) is 0 Å². The number of aryl methyl sites for hydroxylation is 2. The van der Waals surface area contributed by atoms with Crippen molar-refractivity contribution in [2.45, 2.75) is 33.0 Å². The molecule has 0 aliphatic carbocycles. The van der Waals surface area contributed by atoms with Crippen LogP contribution in [-0.4, -0.2) is 39.2 Å². The quantitative estimate of drug-likeness (QED) is 0.803. The molecule has 1 aromatic rings. The number of aliphatic hydroxyl groups excluding tert-OH is 2. The molecule has 1 aliphatic heterocycles. The third kappa shape index (κ3) is 2.17. The molecule has 1 saturated heterocycles. The van der Waals surface area contributed by atoms with Crippen LogP contribution in [-0.2, 0) is 13.7 Å². The van der Waals surface area contributed by atoms with Crippen LogP contribution in [0.3, 0.4) is 0 Å². The van der Waals surface area contributed by atoms with E-state index in [2.05, 4.69) is 10.00 Å². The van der Waals surface area contributed by atoms with Crippen molar-refractivity contribution in [3.8, 4) is 0 Å². The van der Waals surface area contributed by atoms with Gasteiger partial charge < -0.3 is 15.1 Å². The Labute approximate surface area is 102 Å². The van der Waals surface area contributed by atoms with E-state index >= 15 is 0 Å². The Morgan fingerprint density at radius 1 is 1.53 bits per heavy atom. The summed E-state index contributed by atoms with van der Waals surface area (Å²) in [4.78, 5) is 2.21. The molecule has 1 aliphatic rings. The molecule has 2 unspecified atom stereocenters. The Hall–Kier alpha value is -1.07. The number of aromatic nitrogens is 2. The smallest absolute Gasteiger partial charge is 0.132 e. The third-order valence-electron chi connectivity index (χ3n) is 3.68. The van der Waals surface area contributed by atoms with E-state index in [0.717, 1.165) is 36.6 Å². The largest absolute Gasteiger partial charge is 0.393 e. The van der Waals surface area contributed by atoms with E-state index in [1.807, 2.05) is 25.6 Å². The van der Waals surface area contributed by atoms with Crippen molar-refractivity contribution in [1.82, 2.24) is 9.78 Å². The normalized spacial score (nSPS) is 22.2. The molecule has 1 fully saturated rings. The van der Waals surface area contributed by atoms with Crippen molar-refractivity contribution in [3.63, 3.8) is 0 Å². The standard InChI is InChI=1S/C12H21N3O2/c1-8-11(7-16)12(14(3)13-8)15-5-4-10(6-15)9(2)17/h9-10,16-17H,4-7H2,1-3H3. The lowest BCUT2D eigenvalue weighted by molar-refractivity contribution is 0.136. The summed E-state index contributed by atoms with van der Waals surface area (Å²) in [6.45, 7) is 5.53. The molecular weight excluding hydrogens is 218 g/mol. The Kier molecular flexibility index (Phi) is 3.40. The SMILES string of the molecule is Cc1nn(C)c(N2CCC(C(C)O)C2)c1CO. The maximum absolute atomic E-state index is 9.62. The lowest BCUT2D eigenvalue weighted by atomic mass is 10.0. The zero-order chi connectivity index (χ0) is 12.6. The summed E-state index contributed by atoms with van der Waals surface area (Å²) < 4.78 is 1.82. The van der Waals surface area contributed by atoms with Crippen molar-refractivity contribution in [3.05, 3.63) is 11.3 Å². The molecule has 17 heavy (non-hydrogen) atoms. The lowest BCUT2D eigenvalue weighted by Gasteiger charge is -2.21. The van der Waals surface area contributed by atoms with Gasteiger partial charge in [-0.2, -0.15) is 5.10 Å². The zero-order valence-corrected chi connectivity index (χ0v) is 10.7. The zero-order valence-electron chi connectivity index (χ0n) is 10.7. The van der Waals surface area contributed by atoms with Gasteiger partial charge in [0.25, 0.3) is 0 Å². The minimum Gasteiger partial charge on any atom is -0.393 e. The number of rotatable bonds is 3. The summed E-state index contributed by atoms with van der Waals surface area (Å²) in [5.74, 6) is 1.31. The van der Waals surface area contributed by atoms with E-state index in [1.165, 1.54) is 0 Å². The first kappa shape index (κ1) is 12.4. The van der Waals surface area contributed by atoms with Gasteiger partial charge in [-0.25, -0.2) is 0 Å². The predicted octanol–water partition coefficient (Wildman–Crippen LogP) is 0.428. The highest BCUT2D eigenvalue weighted by Gasteiger charge is 2.29. The highest BCUT2D eigenvalue weighted by atomic mass is 16.3. The highest BCUT2D eigenvalue weighted by molar-refractivity contribution is 5.50. The van der Waals surface area contributed by atoms with Gasteiger partial charge in [-0.1, -0.05) is 0 Å². The maximum atomic E-state index is 9.62. The van der Waals surface area contributed by atoms with Crippen LogP contribution in [0.5, 0.6) is 0 Å². The van der Waals surface area contributed by atoms with E-state index in [9.17, 15) is 10.2 Å². The van der Waals surface area contributed by atoms with E-state index in [0.29, 0.717) is 5.92 Å². The fourth-order valence-electron chi connectivity index (χ4n) is 2.64. The lowest BCUT2D eigenvalue weighted by Crippen LogP contribution is -2.26. The molecule has 2 N–H and O–H groups in total. The van der Waals surface area contributed by atoms with E-state index in [1.54, 1.807) is 0 Å². The van der Waals surface area contributed by atoms with Gasteiger partial charge in [0.1, 0.15) is 5.82 Å². The Balaban J connectivity index is 2.24. The van der Waals surface area contributed by atoms with Gasteiger partial charge in [-0.05, 0) is 20.3 Å². The van der Waals surface area contributed by atoms with Crippen molar-refractivity contribution in [1.29, 1.82) is 0 Å². The van der Waals surface area contributed by atoms with Gasteiger partial charge in [0.05, 0.1) is 18.4 Å². The van der Waals surface area contributed by atoms with Crippen molar-refractivity contribution < 1.29 is 10.2 Å². The molecule has 1 aromatic heterocycles. The summed E-state index contributed by atoms with van der Waals surface area (Å²) in [5.41, 5.74) is 1.78. The minimum absolute atomic E-state index is 0.0187. The second kappa shape index (κ2) is 4.66. The molecule has 2 atom stereocenters. The Morgan fingerprint density at radius 3 is 2.76 bits per heavy atom. The molecule has 0 radical (unpaired) electrons. The van der Waals surface area contributed by atoms with Crippen LogP contribution in [0.15, 0.2) is 0 Å². The topological polar surface area (TPSA) is 61.5 Å². The predicted molar refractivity (Wildman–Crippen MR) is 65.9 cm³/mol. The van der Waals surface area contributed by atoms with Crippen LogP contribution >= 0.6 is 0 Å². The maximum Gasteiger partial charge on any atom is 0.132 e. The van der Waals surface area contributed by atoms with Crippen LogP contribution in [0.4, 0.5) is 5.82 Å². The van der Waals surface area contributed by atoms with Crippen LogP contribution < -0.4 is 4.90 Å². The fourth-order valence-corrected chi connectivity index (χ4v) is 2.64. The third-order valence-corrected chi connectivity index (χ3v) is 3.68. The van der Waals surface area contributed by atoms with Gasteiger partial charge in [0, 0.05) is 31.6 Å². The molecule has 0 amide bonds. The number of anilines is 1. The molecule has 96 valence electrons. The van der Waals surface area contributed by atoms with Crippen LogP contribution in [0, 0.1) is 12.8 Å². The summed E-state index contributed by atoms with van der Waals surface area (Å²) in [6, 6.07) is 0. The van der Waals surface area contributed by atoms with E-state index in [4.69, 9.17) is 0 Å². The number of hydrogen-bond acceptors (Lipinski definition) is 4. The van der Waals surface area contributed by atoms with Gasteiger partial charge in [0.15, 0.2) is 0 Å². The fraction of sp³-hybridized carbons (Fsp3) is 0.750. The Morgan fingerprint density at radius 2 is 2.24 bits per heavy atom. The summed E-state index contributed by atoms with van der Waals surface area (Å²) in [7, 11) is 1.90. The van der Waals surface area contributed by atoms with Gasteiger partial charge >= 0.3 is 0 Å². The molecule has 0 saturated carbocycles. The van der Waals surface area contributed by atoms with Gasteiger partial charge in [0.2, 0.25) is 0 Å². The first-order valence-electron chi connectivity index (χ1n) is 6.11. The van der Waals surface area contributed by atoms with Crippen LogP contribution in [0.1, 0.15) is 24.6 Å². The average molecular weight is 239 g/mol. The molecule has 5 heteroatoms. The van der Waals surface area contributed by atoms with Gasteiger partial charge in [-0.3, -0.25) is 4.68 Å².